The van der Waals surface area contributed by atoms with Crippen LogP contribution in [-0.4, -0.2) is 18.9 Å². The van der Waals surface area contributed by atoms with Crippen LogP contribution in [0.15, 0.2) is 62.5 Å². The van der Waals surface area contributed by atoms with Gasteiger partial charge in [0.05, 0.1) is 24.7 Å². The Kier molecular flexibility index (Phi) is 4.33. The van der Waals surface area contributed by atoms with Crippen molar-refractivity contribution in [1.29, 1.82) is 0 Å². The minimum absolute atomic E-state index is 0.0677. The van der Waals surface area contributed by atoms with E-state index in [0.717, 1.165) is 0 Å². The summed E-state index contributed by atoms with van der Waals surface area (Å²) in [5.41, 5.74) is 6.17. The molecular formula is C22H21NO6. The quantitative estimate of drug-likeness (QED) is 0.779. The minimum atomic E-state index is -1.00. The van der Waals surface area contributed by atoms with E-state index in [1.807, 2.05) is 13.8 Å². The van der Waals surface area contributed by atoms with Gasteiger partial charge >= 0.3 is 5.97 Å². The number of benzene rings is 1. The van der Waals surface area contributed by atoms with Crippen LogP contribution in [0.3, 0.4) is 0 Å². The number of ketones is 1. The van der Waals surface area contributed by atoms with Gasteiger partial charge in [-0.05, 0) is 17.5 Å². The van der Waals surface area contributed by atoms with Gasteiger partial charge in [0.1, 0.15) is 16.9 Å². The van der Waals surface area contributed by atoms with Crippen molar-refractivity contribution < 1.29 is 23.5 Å². The van der Waals surface area contributed by atoms with Gasteiger partial charge in [-0.25, -0.2) is 4.79 Å². The number of para-hydroxylation sites is 1. The molecule has 0 bridgehead atoms. The van der Waals surface area contributed by atoms with Gasteiger partial charge in [-0.3, -0.25) is 9.59 Å². The third-order valence-electron chi connectivity index (χ3n) is 5.38. The monoisotopic (exact) mass is 395 g/mol. The molecule has 0 spiro atoms. The fourth-order valence-corrected chi connectivity index (χ4v) is 4.10. The summed E-state index contributed by atoms with van der Waals surface area (Å²) in [6, 6.07) is 6.78. The van der Waals surface area contributed by atoms with Crippen LogP contribution in [0.1, 0.15) is 38.2 Å². The smallest absolute Gasteiger partial charge is 0.340 e. The molecule has 1 aliphatic carbocycles. The summed E-state index contributed by atoms with van der Waals surface area (Å²) < 4.78 is 16.2. The first-order valence-electron chi connectivity index (χ1n) is 9.26. The van der Waals surface area contributed by atoms with E-state index in [1.54, 1.807) is 24.3 Å². The largest absolute Gasteiger partial charge is 0.465 e. The van der Waals surface area contributed by atoms with Crippen LogP contribution in [-0.2, 0) is 19.1 Å². The normalized spacial score (nSPS) is 21.1. The van der Waals surface area contributed by atoms with E-state index in [4.69, 9.17) is 19.6 Å². The summed E-state index contributed by atoms with van der Waals surface area (Å²) in [5, 5.41) is 0.352. The number of fused-ring (bicyclic) bond motifs is 1. The van der Waals surface area contributed by atoms with Crippen molar-refractivity contribution in [2.24, 2.45) is 11.1 Å². The summed E-state index contributed by atoms with van der Waals surface area (Å²) in [7, 11) is 1.21. The Hall–Kier alpha value is -3.35. The van der Waals surface area contributed by atoms with E-state index < -0.39 is 11.9 Å². The van der Waals surface area contributed by atoms with Crippen molar-refractivity contribution in [2.45, 2.75) is 32.6 Å². The Labute approximate surface area is 166 Å². The molecule has 1 atom stereocenters. The van der Waals surface area contributed by atoms with Gasteiger partial charge in [-0.2, -0.15) is 0 Å². The van der Waals surface area contributed by atoms with Gasteiger partial charge in [-0.15, -0.1) is 0 Å². The second kappa shape index (κ2) is 6.62. The van der Waals surface area contributed by atoms with Crippen molar-refractivity contribution in [3.63, 3.8) is 0 Å². The molecule has 1 unspecified atom stereocenters. The summed E-state index contributed by atoms with van der Waals surface area (Å²) >= 11 is 0. The number of esters is 1. The molecular weight excluding hydrogens is 374 g/mol. The molecule has 0 saturated heterocycles. The van der Waals surface area contributed by atoms with Crippen LogP contribution in [0.25, 0.3) is 11.0 Å². The molecule has 1 aromatic carbocycles. The van der Waals surface area contributed by atoms with Crippen LogP contribution in [0.5, 0.6) is 0 Å². The number of methoxy groups -OCH3 is 1. The van der Waals surface area contributed by atoms with Gasteiger partial charge in [0.25, 0.3) is 0 Å². The topological polar surface area (TPSA) is 109 Å². The zero-order valence-electron chi connectivity index (χ0n) is 16.4. The molecule has 0 amide bonds. The Bertz CT molecular complexity index is 1170. The molecule has 0 saturated carbocycles. The Morgan fingerprint density at radius 1 is 1.21 bits per heavy atom. The molecule has 29 heavy (non-hydrogen) atoms. The number of carbonyl (C=O) groups is 2. The second-order valence-electron chi connectivity index (χ2n) is 8.10. The number of hydrogen-bond acceptors (Lipinski definition) is 7. The average Bonchev–Trinajstić information content (AvgIpc) is 2.66. The van der Waals surface area contributed by atoms with Crippen molar-refractivity contribution in [3.8, 4) is 0 Å². The summed E-state index contributed by atoms with van der Waals surface area (Å²) in [4.78, 5) is 38.9. The van der Waals surface area contributed by atoms with Gasteiger partial charge in [0.15, 0.2) is 11.2 Å². The lowest BCUT2D eigenvalue weighted by atomic mass is 9.70. The lowest BCUT2D eigenvalue weighted by Gasteiger charge is -2.37. The summed E-state index contributed by atoms with van der Waals surface area (Å²) in [5.74, 6) is -1.74. The Morgan fingerprint density at radius 2 is 1.93 bits per heavy atom. The first-order chi connectivity index (χ1) is 13.7. The van der Waals surface area contributed by atoms with E-state index in [-0.39, 0.29) is 45.6 Å². The second-order valence-corrected chi connectivity index (χ2v) is 8.10. The lowest BCUT2D eigenvalue weighted by Crippen LogP contribution is -2.37. The van der Waals surface area contributed by atoms with Crippen LogP contribution in [0, 0.1) is 5.41 Å². The number of Topliss-reactive ketones (excluding diaryl/α,β-unsaturated/α-hetero) is 1. The standard InChI is InChI=1S/C22H21NO6/c1-22(2)8-13(24)17-15(9-22)29-20(23)18(21(26)27-3)16(17)12-10-28-14-7-5-4-6-11(14)19(12)25/h4-7,10,16H,8-9,23H2,1-3H3. The van der Waals surface area contributed by atoms with Gasteiger partial charge in [0.2, 0.25) is 5.88 Å². The molecule has 4 rings (SSSR count). The fourth-order valence-electron chi connectivity index (χ4n) is 4.10. The number of hydrogen-bond donors (Lipinski definition) is 1. The molecule has 1 aliphatic heterocycles. The highest BCUT2D eigenvalue weighted by molar-refractivity contribution is 6.03. The number of allylic oxidation sites excluding steroid dienone is 2. The van der Waals surface area contributed by atoms with Crippen LogP contribution in [0.2, 0.25) is 0 Å². The molecule has 1 aromatic heterocycles. The predicted molar refractivity (Wildman–Crippen MR) is 105 cm³/mol. The Balaban J connectivity index is 2.00. The van der Waals surface area contributed by atoms with Crippen molar-refractivity contribution in [1.82, 2.24) is 0 Å². The third kappa shape index (κ3) is 3.03. The van der Waals surface area contributed by atoms with E-state index in [0.29, 0.717) is 23.1 Å². The van der Waals surface area contributed by atoms with Gasteiger partial charge in [0, 0.05) is 24.0 Å². The third-order valence-corrected chi connectivity index (χ3v) is 5.38. The average molecular weight is 395 g/mol. The highest BCUT2D eigenvalue weighted by Crippen LogP contribution is 2.47. The molecule has 150 valence electrons. The van der Waals surface area contributed by atoms with Gasteiger partial charge < -0.3 is 19.6 Å². The maximum atomic E-state index is 13.2. The molecule has 7 heteroatoms. The van der Waals surface area contributed by atoms with Crippen molar-refractivity contribution in [3.05, 3.63) is 69.1 Å². The fraction of sp³-hybridized carbons (Fsp3) is 0.318. The SMILES string of the molecule is COC(=O)C1=C(N)OC2=C(C(=O)CC(C)(C)C2)C1c1coc2ccccc2c1=O. The van der Waals surface area contributed by atoms with Crippen LogP contribution in [0.4, 0.5) is 0 Å². The number of rotatable bonds is 2. The summed E-state index contributed by atoms with van der Waals surface area (Å²) in [6.07, 6.45) is 2.01. The molecule has 0 fully saturated rings. The highest BCUT2D eigenvalue weighted by atomic mass is 16.5. The Morgan fingerprint density at radius 3 is 2.66 bits per heavy atom. The predicted octanol–water partition coefficient (Wildman–Crippen LogP) is 2.89. The zero-order valence-corrected chi connectivity index (χ0v) is 16.4. The number of carbonyl (C=O) groups excluding carboxylic acids is 2. The van der Waals surface area contributed by atoms with E-state index in [2.05, 4.69) is 0 Å². The molecule has 2 N–H and O–H groups in total. The minimum Gasteiger partial charge on any atom is -0.465 e. The van der Waals surface area contributed by atoms with E-state index in [1.165, 1.54) is 13.4 Å². The maximum Gasteiger partial charge on any atom is 0.340 e. The van der Waals surface area contributed by atoms with Gasteiger partial charge in [-0.1, -0.05) is 26.0 Å². The molecule has 2 aromatic rings. The zero-order chi connectivity index (χ0) is 20.9. The number of ether oxygens (including phenoxy) is 2. The van der Waals surface area contributed by atoms with Crippen molar-refractivity contribution in [2.75, 3.05) is 7.11 Å². The molecule has 7 nitrogen and oxygen atoms in total. The highest BCUT2D eigenvalue weighted by Gasteiger charge is 2.46. The van der Waals surface area contributed by atoms with E-state index in [9.17, 15) is 14.4 Å². The lowest BCUT2D eigenvalue weighted by molar-refractivity contribution is -0.136. The first kappa shape index (κ1) is 19.0. The first-order valence-corrected chi connectivity index (χ1v) is 9.26. The van der Waals surface area contributed by atoms with Crippen LogP contribution < -0.4 is 11.2 Å². The van der Waals surface area contributed by atoms with E-state index >= 15 is 0 Å². The van der Waals surface area contributed by atoms with Crippen LogP contribution >= 0.6 is 0 Å². The summed E-state index contributed by atoms with van der Waals surface area (Å²) in [6.45, 7) is 3.90. The number of nitrogens with two attached hydrogens (primary N) is 1. The molecule has 2 heterocycles. The molecule has 0 radical (unpaired) electrons. The maximum absolute atomic E-state index is 13.2. The molecule has 2 aliphatic rings. The van der Waals surface area contributed by atoms with Crippen molar-refractivity contribution >= 4 is 22.7 Å².